The average Bonchev–Trinajstić information content (AvgIpc) is 3.36. The van der Waals surface area contributed by atoms with Crippen molar-refractivity contribution in [3.05, 3.63) is 70.9 Å². The highest BCUT2D eigenvalue weighted by Crippen LogP contribution is 2.83. The number of rotatable bonds is 3. The number of para-hydroxylation sites is 2. The van der Waals surface area contributed by atoms with Gasteiger partial charge < -0.3 is 29.5 Å². The zero-order valence-electron chi connectivity index (χ0n) is 28.4. The van der Waals surface area contributed by atoms with E-state index >= 15 is 0 Å². The lowest BCUT2D eigenvalue weighted by molar-refractivity contribution is -0.208. The lowest BCUT2D eigenvalue weighted by Gasteiger charge is -2.66. The highest BCUT2D eigenvalue weighted by Gasteiger charge is 2.93. The van der Waals surface area contributed by atoms with E-state index in [4.69, 9.17) is 14.2 Å². The van der Waals surface area contributed by atoms with E-state index in [1.807, 2.05) is 0 Å². The summed E-state index contributed by atoms with van der Waals surface area (Å²) in [7, 11) is 1.54. The predicted octanol–water partition coefficient (Wildman–Crippen LogP) is 3.66. The topological polar surface area (TPSA) is 90.0 Å². The number of benzene rings is 2. The third kappa shape index (κ3) is 2.39. The highest BCUT2D eigenvalue weighted by atomic mass is 16.6. The molecule has 2 aromatic carbocycles. The zero-order valence-corrected chi connectivity index (χ0v) is 28.4. The maximum atomic E-state index is 14.0. The molecule has 6 bridgehead atoms. The minimum Gasteiger partial charge on any atom is -0.466 e. The summed E-state index contributed by atoms with van der Waals surface area (Å²) in [6, 6.07) is 18.5. The third-order valence-electron chi connectivity index (χ3n) is 16.9. The van der Waals surface area contributed by atoms with Gasteiger partial charge in [-0.05, 0) is 68.8 Å². The van der Waals surface area contributed by atoms with E-state index in [9.17, 15) is 9.90 Å². The monoisotopic (exact) mass is 660 g/mol. The van der Waals surface area contributed by atoms with Gasteiger partial charge in [-0.3, -0.25) is 9.80 Å². The molecule has 9 nitrogen and oxygen atoms in total. The molecule has 2 N–H and O–H groups in total. The van der Waals surface area contributed by atoms with Gasteiger partial charge in [0.15, 0.2) is 5.72 Å². The Morgan fingerprint density at radius 2 is 1.92 bits per heavy atom. The van der Waals surface area contributed by atoms with Crippen LogP contribution in [0.5, 0.6) is 0 Å². The first-order valence-electron chi connectivity index (χ1n) is 18.9. The number of ether oxygens (including phenoxy) is 3. The lowest BCUT2D eigenvalue weighted by atomic mass is 9.46. The van der Waals surface area contributed by atoms with Crippen LogP contribution in [-0.4, -0.2) is 101 Å². The minimum absolute atomic E-state index is 0.0545. The van der Waals surface area contributed by atoms with Crippen LogP contribution in [0.1, 0.15) is 63.5 Å². The Bertz CT molecular complexity index is 1980. The molecule has 14 atom stereocenters. The van der Waals surface area contributed by atoms with E-state index in [1.54, 1.807) is 0 Å². The summed E-state index contributed by atoms with van der Waals surface area (Å²) in [6.07, 6.45) is 5.06. The van der Waals surface area contributed by atoms with Gasteiger partial charge in [-0.1, -0.05) is 43.3 Å². The number of methoxy groups -OCH3 is 1. The molecule has 7 saturated heterocycles. The number of anilines is 2. The number of carbonyl (C=O) groups excluding carboxylic acids is 1. The molecule has 0 amide bonds. The molecule has 0 radical (unpaired) electrons. The molecule has 9 heterocycles. The minimum atomic E-state index is -0.583. The highest BCUT2D eigenvalue weighted by molar-refractivity contribution is 5.94. The normalized spacial score (nSPS) is 52.4. The Kier molecular flexibility index (Phi) is 4.48. The van der Waals surface area contributed by atoms with Gasteiger partial charge in [-0.15, -0.1) is 0 Å². The first-order chi connectivity index (χ1) is 23.8. The molecule has 8 fully saturated rings. The quantitative estimate of drug-likeness (QED) is 0.379. The van der Waals surface area contributed by atoms with Crippen molar-refractivity contribution in [2.24, 2.45) is 11.3 Å². The van der Waals surface area contributed by atoms with Gasteiger partial charge in [-0.2, -0.15) is 0 Å². The number of nitrogens with zero attached hydrogens (tertiary/aromatic N) is 3. The number of hydrogen-bond donors (Lipinski definition) is 2. The van der Waals surface area contributed by atoms with Gasteiger partial charge in [0.25, 0.3) is 0 Å². The Balaban J connectivity index is 1.19. The summed E-state index contributed by atoms with van der Waals surface area (Å²) in [6.45, 7) is 7.29. The Morgan fingerprint density at radius 3 is 2.73 bits per heavy atom. The van der Waals surface area contributed by atoms with E-state index < -0.39 is 17.2 Å². The molecule has 1 saturated carbocycles. The molecule has 2 aliphatic carbocycles. The summed E-state index contributed by atoms with van der Waals surface area (Å²) in [4.78, 5) is 22.5. The second-order valence-electron chi connectivity index (χ2n) is 17.7. The fourth-order valence-corrected chi connectivity index (χ4v) is 16.0. The standard InChI is InChI=1S/C40H44N4O5/c1-4-36-20-35-17-22(32(46)47-3)29-37(23-9-5-7-11-26(23)41-29)13-16-43(35)30(36)25-18-38(21(2)45)31-28(48-31)19-42-15-14-39(34(38)42)24-10-6-8-12-27(24)44(33(35)37)40(25,39)49-36/h5-12,21,25,28,30-31,33-34,41,45H,4,13-20H2,1-3H3/t21-,25-,28+,30-,31+,33+,34-,35-,36-,37+,38-,39+,40+/m0/s1. The molecule has 2 aromatic rings. The van der Waals surface area contributed by atoms with E-state index in [0.717, 1.165) is 68.7 Å². The Labute approximate surface area is 286 Å². The van der Waals surface area contributed by atoms with Crippen molar-refractivity contribution in [2.45, 2.75) is 117 Å². The molecule has 4 spiro atoms. The number of aliphatic hydroxyl groups excluding tert-OH is 1. The fourth-order valence-electron chi connectivity index (χ4n) is 16.0. The SMILES string of the molecule is CC[C@]12C[C@]34CC(C(=O)OC)=C5Nc6ccccc6[C@]56CCN3[C@H]1[C@@H]1C[C@]3([C@H](C)O)[C@@H]5O[C@@H]5CN5CC[C@@]7(c8ccccc8N([C@H]46)[C@@]17O2)[C@@H]53. The van der Waals surface area contributed by atoms with E-state index in [-0.39, 0.29) is 64.2 Å². The average molecular weight is 661 g/mol. The number of esters is 1. The maximum absolute atomic E-state index is 14.0. The summed E-state index contributed by atoms with van der Waals surface area (Å²) in [5.74, 6) is -0.0412. The maximum Gasteiger partial charge on any atom is 0.335 e. The number of fused-ring (bicyclic) bond motifs is 5. The van der Waals surface area contributed by atoms with Crippen molar-refractivity contribution in [3.63, 3.8) is 0 Å². The molecule has 11 aliphatic rings. The molecular weight excluding hydrogens is 616 g/mol. The van der Waals surface area contributed by atoms with E-state index in [2.05, 4.69) is 82.4 Å². The van der Waals surface area contributed by atoms with Crippen LogP contribution < -0.4 is 10.2 Å². The molecule has 9 heteroatoms. The molecule has 1 unspecified atom stereocenters. The second-order valence-corrected chi connectivity index (χ2v) is 17.7. The van der Waals surface area contributed by atoms with Crippen LogP contribution in [0, 0.1) is 11.3 Å². The van der Waals surface area contributed by atoms with Gasteiger partial charge in [0.05, 0.1) is 59.0 Å². The number of epoxide rings is 1. The van der Waals surface area contributed by atoms with Crippen molar-refractivity contribution < 1.29 is 24.1 Å². The number of aliphatic hydroxyl groups is 1. The Hall–Kier alpha value is -2.95. The van der Waals surface area contributed by atoms with Crippen LogP contribution in [0.3, 0.4) is 0 Å². The van der Waals surface area contributed by atoms with Crippen molar-refractivity contribution in [2.75, 3.05) is 37.0 Å². The van der Waals surface area contributed by atoms with E-state index in [1.165, 1.54) is 23.9 Å². The van der Waals surface area contributed by atoms with Crippen LogP contribution in [0.25, 0.3) is 0 Å². The summed E-state index contributed by atoms with van der Waals surface area (Å²) in [5, 5.41) is 16.1. The van der Waals surface area contributed by atoms with Crippen molar-refractivity contribution in [1.29, 1.82) is 0 Å². The zero-order chi connectivity index (χ0) is 32.7. The Morgan fingerprint density at radius 1 is 1.10 bits per heavy atom. The largest absolute Gasteiger partial charge is 0.466 e. The first kappa shape index (κ1) is 27.7. The lowest BCUT2D eigenvalue weighted by Crippen LogP contribution is -2.79. The number of hydrogen-bond acceptors (Lipinski definition) is 9. The van der Waals surface area contributed by atoms with Gasteiger partial charge in [0.1, 0.15) is 0 Å². The number of carbonyl (C=O) groups is 1. The van der Waals surface area contributed by atoms with Crippen molar-refractivity contribution >= 4 is 17.3 Å². The molecule has 254 valence electrons. The summed E-state index contributed by atoms with van der Waals surface area (Å²) >= 11 is 0. The summed E-state index contributed by atoms with van der Waals surface area (Å²) in [5.41, 5.74) is 4.60. The van der Waals surface area contributed by atoms with E-state index in [0.29, 0.717) is 6.42 Å². The third-order valence-corrected chi connectivity index (χ3v) is 16.9. The van der Waals surface area contributed by atoms with Gasteiger partial charge in [-0.25, -0.2) is 4.79 Å². The van der Waals surface area contributed by atoms with Crippen LogP contribution in [0.4, 0.5) is 11.4 Å². The summed E-state index contributed by atoms with van der Waals surface area (Å²) < 4.78 is 20.5. The van der Waals surface area contributed by atoms with Crippen molar-refractivity contribution in [1.82, 2.24) is 9.80 Å². The molecular formula is C40H44N4O5. The fraction of sp³-hybridized carbons (Fsp3) is 0.625. The van der Waals surface area contributed by atoms with Crippen LogP contribution in [0.2, 0.25) is 0 Å². The smallest absolute Gasteiger partial charge is 0.335 e. The van der Waals surface area contributed by atoms with Crippen LogP contribution in [-0.2, 0) is 29.8 Å². The molecule has 49 heavy (non-hydrogen) atoms. The number of nitrogens with one attached hydrogen (secondary N) is 1. The second kappa shape index (κ2) is 7.92. The molecule has 0 aromatic heterocycles. The van der Waals surface area contributed by atoms with Gasteiger partial charge >= 0.3 is 5.97 Å². The van der Waals surface area contributed by atoms with Crippen LogP contribution >= 0.6 is 0 Å². The predicted molar refractivity (Wildman–Crippen MR) is 180 cm³/mol. The van der Waals surface area contributed by atoms with Crippen molar-refractivity contribution in [3.8, 4) is 0 Å². The van der Waals surface area contributed by atoms with Gasteiger partial charge in [0, 0.05) is 60.0 Å². The molecule has 13 rings (SSSR count). The first-order valence-corrected chi connectivity index (χ1v) is 18.9. The van der Waals surface area contributed by atoms with Crippen LogP contribution in [0.15, 0.2) is 59.8 Å². The number of piperidine rings is 2. The van der Waals surface area contributed by atoms with Gasteiger partial charge in [0.2, 0.25) is 0 Å². The molecule has 9 aliphatic heterocycles.